The van der Waals surface area contributed by atoms with Crippen molar-refractivity contribution in [3.63, 3.8) is 0 Å². The molecule has 0 unspecified atom stereocenters. The highest BCUT2D eigenvalue weighted by Gasteiger charge is 2.33. The lowest BCUT2D eigenvalue weighted by atomic mass is 9.95. The third-order valence-electron chi connectivity index (χ3n) is 3.19. The van der Waals surface area contributed by atoms with Crippen LogP contribution in [0.25, 0.3) is 0 Å². The highest BCUT2D eigenvalue weighted by molar-refractivity contribution is 6.49. The number of nitrogens with zero attached hydrogens (tertiary/aromatic N) is 1. The number of hydrogen-bond donors (Lipinski definition) is 0. The number of ketones is 2. The number of hydrogen-bond acceptors (Lipinski definition) is 5. The summed E-state index contributed by atoms with van der Waals surface area (Å²) in [5, 5.41) is -0.237. The molecule has 110 valence electrons. The predicted molar refractivity (Wildman–Crippen MR) is 79.4 cm³/mol. The van der Waals surface area contributed by atoms with Crippen molar-refractivity contribution < 1.29 is 19.1 Å². The highest BCUT2D eigenvalue weighted by atomic mass is 35.5. The second-order valence-corrected chi connectivity index (χ2v) is 4.88. The summed E-state index contributed by atoms with van der Waals surface area (Å²) >= 11 is 6.00. The van der Waals surface area contributed by atoms with Gasteiger partial charge in [-0.3, -0.25) is 14.6 Å². The largest absolute Gasteiger partial charge is 0.497 e. The molecule has 1 aromatic heterocycles. The first-order valence-corrected chi connectivity index (χ1v) is 6.74. The molecule has 2 aromatic rings. The monoisotopic (exact) mass is 315 g/mol. The maximum Gasteiger partial charge on any atom is 0.232 e. The van der Waals surface area contributed by atoms with Crippen molar-refractivity contribution in [2.45, 2.75) is 0 Å². The molecule has 5 nitrogen and oxygen atoms in total. The van der Waals surface area contributed by atoms with E-state index in [9.17, 15) is 9.59 Å². The Bertz CT molecular complexity index is 796. The van der Waals surface area contributed by atoms with E-state index in [1.807, 2.05) is 0 Å². The van der Waals surface area contributed by atoms with Crippen molar-refractivity contribution in [1.82, 2.24) is 4.98 Å². The summed E-state index contributed by atoms with van der Waals surface area (Å²) in [5.74, 6) is -0.0986. The van der Waals surface area contributed by atoms with Gasteiger partial charge >= 0.3 is 0 Å². The zero-order valence-electron chi connectivity index (χ0n) is 11.5. The molecule has 0 radical (unpaired) electrons. The molecule has 0 spiro atoms. The van der Waals surface area contributed by atoms with Gasteiger partial charge in [0.05, 0.1) is 12.7 Å². The molecule has 1 aliphatic rings. The standard InChI is InChI=1S/C16H10ClNO4/c1-21-9-2-4-10(5-3-9)22-16-13(17)14(19)11-6-7-18-8-12(11)15(16)20/h2-8H,1H3. The fourth-order valence-electron chi connectivity index (χ4n) is 2.07. The molecule has 0 saturated carbocycles. The number of carbonyl (C=O) groups is 2. The van der Waals surface area contributed by atoms with E-state index in [4.69, 9.17) is 21.1 Å². The Morgan fingerprint density at radius 1 is 0.955 bits per heavy atom. The number of halogens is 1. The van der Waals surface area contributed by atoms with E-state index < -0.39 is 11.6 Å². The number of pyridine rings is 1. The lowest BCUT2D eigenvalue weighted by molar-refractivity contribution is 0.0942. The maximum absolute atomic E-state index is 12.4. The van der Waals surface area contributed by atoms with E-state index in [0.717, 1.165) is 0 Å². The van der Waals surface area contributed by atoms with E-state index in [-0.39, 0.29) is 21.9 Å². The van der Waals surface area contributed by atoms with Crippen LogP contribution in [0, 0.1) is 0 Å². The molecule has 3 rings (SSSR count). The quantitative estimate of drug-likeness (QED) is 0.871. The molecule has 0 N–H and O–H groups in total. The van der Waals surface area contributed by atoms with Crippen molar-refractivity contribution in [1.29, 1.82) is 0 Å². The van der Waals surface area contributed by atoms with Gasteiger partial charge < -0.3 is 9.47 Å². The van der Waals surface area contributed by atoms with Crippen LogP contribution in [-0.2, 0) is 0 Å². The van der Waals surface area contributed by atoms with Crippen LogP contribution >= 0.6 is 11.6 Å². The summed E-state index contributed by atoms with van der Waals surface area (Å²) < 4.78 is 10.5. The molecular weight excluding hydrogens is 306 g/mol. The second kappa shape index (κ2) is 5.61. The van der Waals surface area contributed by atoms with Crippen LogP contribution in [0.2, 0.25) is 0 Å². The van der Waals surface area contributed by atoms with Crippen molar-refractivity contribution in [3.8, 4) is 11.5 Å². The van der Waals surface area contributed by atoms with E-state index >= 15 is 0 Å². The topological polar surface area (TPSA) is 65.5 Å². The smallest absolute Gasteiger partial charge is 0.232 e. The number of methoxy groups -OCH3 is 1. The Balaban J connectivity index is 1.97. The Kier molecular flexibility index (Phi) is 3.65. The summed E-state index contributed by atoms with van der Waals surface area (Å²) in [5.41, 5.74) is 0.410. The first-order valence-electron chi connectivity index (χ1n) is 6.37. The number of allylic oxidation sites excluding steroid dienone is 2. The molecule has 0 amide bonds. The summed E-state index contributed by atoms with van der Waals surface area (Å²) in [6, 6.07) is 8.05. The van der Waals surface area contributed by atoms with Crippen molar-refractivity contribution in [2.75, 3.05) is 7.11 Å². The first kappa shape index (κ1) is 14.3. The van der Waals surface area contributed by atoms with Crippen LogP contribution in [0.3, 0.4) is 0 Å². The van der Waals surface area contributed by atoms with Crippen LogP contribution in [0.15, 0.2) is 53.5 Å². The SMILES string of the molecule is COc1ccc(OC2=C(Cl)C(=O)c3ccncc3C2=O)cc1. The zero-order chi connectivity index (χ0) is 15.7. The van der Waals surface area contributed by atoms with Gasteiger partial charge in [-0.1, -0.05) is 11.6 Å². The van der Waals surface area contributed by atoms with Gasteiger partial charge in [0, 0.05) is 18.0 Å². The summed E-state index contributed by atoms with van der Waals surface area (Å²) in [7, 11) is 1.54. The number of rotatable bonds is 3. The minimum Gasteiger partial charge on any atom is -0.497 e. The van der Waals surface area contributed by atoms with Gasteiger partial charge in [0.2, 0.25) is 11.6 Å². The summed E-state index contributed by atoms with van der Waals surface area (Å²) in [6.45, 7) is 0. The average Bonchev–Trinajstić information content (AvgIpc) is 2.57. The van der Waals surface area contributed by atoms with Crippen molar-refractivity contribution in [3.05, 3.63) is 64.6 Å². The van der Waals surface area contributed by atoms with Gasteiger partial charge in [-0.25, -0.2) is 0 Å². The molecule has 1 heterocycles. The van der Waals surface area contributed by atoms with Crippen molar-refractivity contribution >= 4 is 23.2 Å². The third-order valence-corrected chi connectivity index (χ3v) is 3.54. The van der Waals surface area contributed by atoms with Crippen molar-refractivity contribution in [2.24, 2.45) is 0 Å². The number of aromatic nitrogens is 1. The lowest BCUT2D eigenvalue weighted by Gasteiger charge is -2.17. The minimum atomic E-state index is -0.469. The fourth-order valence-corrected chi connectivity index (χ4v) is 2.30. The molecule has 1 aliphatic carbocycles. The molecule has 0 bridgehead atoms. The third kappa shape index (κ3) is 2.35. The van der Waals surface area contributed by atoms with Crippen LogP contribution in [-0.4, -0.2) is 23.7 Å². The van der Waals surface area contributed by atoms with Crippen LogP contribution < -0.4 is 9.47 Å². The van der Waals surface area contributed by atoms with Gasteiger partial charge in [0.1, 0.15) is 16.5 Å². The van der Waals surface area contributed by atoms with Gasteiger partial charge in [-0.2, -0.15) is 0 Å². The number of Topliss-reactive ketones (excluding diaryl/α,β-unsaturated/α-hetero) is 2. The van der Waals surface area contributed by atoms with E-state index in [0.29, 0.717) is 11.5 Å². The summed E-state index contributed by atoms with van der Waals surface area (Å²) in [4.78, 5) is 28.5. The predicted octanol–water partition coefficient (Wildman–Crippen LogP) is 3.00. The Morgan fingerprint density at radius 3 is 2.32 bits per heavy atom. The molecule has 0 atom stereocenters. The van der Waals surface area contributed by atoms with Crippen LogP contribution in [0.4, 0.5) is 0 Å². The Labute approximate surface area is 131 Å². The molecule has 0 fully saturated rings. The fraction of sp³-hybridized carbons (Fsp3) is 0.0625. The molecule has 22 heavy (non-hydrogen) atoms. The Morgan fingerprint density at radius 2 is 1.64 bits per heavy atom. The zero-order valence-corrected chi connectivity index (χ0v) is 12.3. The van der Waals surface area contributed by atoms with Gasteiger partial charge in [-0.15, -0.1) is 0 Å². The molecule has 0 aliphatic heterocycles. The number of carbonyl (C=O) groups excluding carboxylic acids is 2. The first-order chi connectivity index (χ1) is 10.6. The van der Waals surface area contributed by atoms with Gasteiger partial charge in [0.15, 0.2) is 5.76 Å². The maximum atomic E-state index is 12.4. The number of benzene rings is 1. The van der Waals surface area contributed by atoms with Crippen LogP contribution in [0.5, 0.6) is 11.5 Å². The van der Waals surface area contributed by atoms with Crippen LogP contribution in [0.1, 0.15) is 20.7 Å². The van der Waals surface area contributed by atoms with Gasteiger partial charge in [0.25, 0.3) is 0 Å². The highest BCUT2D eigenvalue weighted by Crippen LogP contribution is 2.30. The number of ether oxygens (including phenoxy) is 2. The van der Waals surface area contributed by atoms with E-state index in [2.05, 4.69) is 4.98 Å². The molecular formula is C16H10ClNO4. The van der Waals surface area contributed by atoms with E-state index in [1.165, 1.54) is 18.5 Å². The second-order valence-electron chi connectivity index (χ2n) is 4.50. The molecule has 0 saturated heterocycles. The summed E-state index contributed by atoms with van der Waals surface area (Å²) in [6.07, 6.45) is 2.76. The Hall–Kier alpha value is -2.66. The lowest BCUT2D eigenvalue weighted by Crippen LogP contribution is -2.23. The van der Waals surface area contributed by atoms with Gasteiger partial charge in [-0.05, 0) is 30.3 Å². The van der Waals surface area contributed by atoms with E-state index in [1.54, 1.807) is 31.4 Å². The number of fused-ring (bicyclic) bond motifs is 1. The average molecular weight is 316 g/mol. The molecule has 1 aromatic carbocycles. The molecule has 6 heteroatoms. The normalized spacial score (nSPS) is 13.9. The minimum absolute atomic E-state index is 0.181.